The van der Waals surface area contributed by atoms with E-state index < -0.39 is 5.97 Å². The van der Waals surface area contributed by atoms with Gasteiger partial charge in [-0.15, -0.1) is 0 Å². The molecule has 0 saturated carbocycles. The van der Waals surface area contributed by atoms with Crippen molar-refractivity contribution in [2.75, 3.05) is 12.4 Å². The van der Waals surface area contributed by atoms with Crippen LogP contribution in [0.2, 0.25) is 0 Å². The number of aromatic nitrogens is 1. The van der Waals surface area contributed by atoms with Crippen LogP contribution in [0.25, 0.3) is 16.9 Å². The monoisotopic (exact) mass is 532 g/mol. The molecule has 3 aromatic carbocycles. The topological polar surface area (TPSA) is 69.6 Å². The van der Waals surface area contributed by atoms with Crippen LogP contribution in [-0.2, 0) is 16.1 Å². The van der Waals surface area contributed by atoms with E-state index >= 15 is 0 Å². The van der Waals surface area contributed by atoms with Gasteiger partial charge in [-0.3, -0.25) is 4.79 Å². The molecule has 6 nitrogen and oxygen atoms in total. The second-order valence-electron chi connectivity index (χ2n) is 8.01. The van der Waals surface area contributed by atoms with Gasteiger partial charge in [-0.2, -0.15) is 0 Å². The van der Waals surface area contributed by atoms with Gasteiger partial charge in [-0.25, -0.2) is 4.79 Å². The molecule has 178 valence electrons. The number of nitrogens with zero attached hydrogens (tertiary/aromatic N) is 1. The summed E-state index contributed by atoms with van der Waals surface area (Å²) in [5.41, 5.74) is 5.26. The summed E-state index contributed by atoms with van der Waals surface area (Å²) in [7, 11) is 1.32. The summed E-state index contributed by atoms with van der Waals surface area (Å²) in [5, 5.41) is 2.70. The Morgan fingerprint density at radius 2 is 1.74 bits per heavy atom. The van der Waals surface area contributed by atoms with Crippen molar-refractivity contribution in [3.63, 3.8) is 0 Å². The van der Waals surface area contributed by atoms with Crippen molar-refractivity contribution in [1.29, 1.82) is 0 Å². The lowest BCUT2D eigenvalue weighted by Crippen LogP contribution is -2.13. The summed E-state index contributed by atoms with van der Waals surface area (Å²) < 4.78 is 14.1. The first kappa shape index (κ1) is 24.3. The third-order valence-electron chi connectivity index (χ3n) is 5.51. The Hall–Kier alpha value is -3.84. The standard InChI is InChI=1S/C28H25BrN2O4/c1-18-9-13-26(24-15-21(29)10-14-27(24)35-17-20-7-5-4-6-8-20)31(18)22-11-12-25(30-19(2)32)23(16-22)28(33)34-3/h4-16H,17H2,1-3H3,(H,30,32). The Morgan fingerprint density at radius 1 is 0.971 bits per heavy atom. The molecule has 1 N–H and O–H groups in total. The molecule has 0 aliphatic carbocycles. The molecular formula is C28H25BrN2O4. The third-order valence-corrected chi connectivity index (χ3v) is 6.00. The van der Waals surface area contributed by atoms with Gasteiger partial charge in [-0.1, -0.05) is 46.3 Å². The third kappa shape index (κ3) is 5.46. The van der Waals surface area contributed by atoms with Crippen LogP contribution >= 0.6 is 15.9 Å². The lowest BCUT2D eigenvalue weighted by atomic mass is 10.1. The predicted octanol–water partition coefficient (Wildman–Crippen LogP) is 6.54. The molecule has 0 bridgehead atoms. The van der Waals surface area contributed by atoms with E-state index in [1.54, 1.807) is 12.1 Å². The molecule has 0 atom stereocenters. The fraction of sp³-hybridized carbons (Fsp3) is 0.143. The van der Waals surface area contributed by atoms with Crippen molar-refractivity contribution in [2.45, 2.75) is 20.5 Å². The maximum Gasteiger partial charge on any atom is 0.340 e. The van der Waals surface area contributed by atoms with Gasteiger partial charge in [0.25, 0.3) is 0 Å². The summed E-state index contributed by atoms with van der Waals surface area (Å²) in [6, 6.07) is 25.2. The molecule has 0 saturated heterocycles. The maximum atomic E-state index is 12.5. The zero-order chi connectivity index (χ0) is 24.9. The highest BCUT2D eigenvalue weighted by Gasteiger charge is 2.19. The minimum Gasteiger partial charge on any atom is -0.488 e. The van der Waals surface area contributed by atoms with Crippen LogP contribution in [-0.4, -0.2) is 23.6 Å². The SMILES string of the molecule is COC(=O)c1cc(-n2c(C)ccc2-c2cc(Br)ccc2OCc2ccccc2)ccc1NC(C)=O. The van der Waals surface area contributed by atoms with E-state index in [1.165, 1.54) is 14.0 Å². The van der Waals surface area contributed by atoms with Crippen LogP contribution < -0.4 is 10.1 Å². The summed E-state index contributed by atoms with van der Waals surface area (Å²) in [4.78, 5) is 24.1. The predicted molar refractivity (Wildman–Crippen MR) is 140 cm³/mol. The van der Waals surface area contributed by atoms with Crippen molar-refractivity contribution in [3.8, 4) is 22.7 Å². The highest BCUT2D eigenvalue weighted by atomic mass is 79.9. The number of esters is 1. The minimum absolute atomic E-state index is 0.268. The highest BCUT2D eigenvalue weighted by molar-refractivity contribution is 9.10. The average molecular weight is 533 g/mol. The Bertz CT molecular complexity index is 1380. The van der Waals surface area contributed by atoms with Crippen molar-refractivity contribution >= 4 is 33.5 Å². The largest absolute Gasteiger partial charge is 0.488 e. The normalized spacial score (nSPS) is 10.6. The number of aryl methyl sites for hydroxylation is 1. The molecule has 0 unspecified atom stereocenters. The number of ether oxygens (including phenoxy) is 2. The molecule has 0 aliphatic rings. The highest BCUT2D eigenvalue weighted by Crippen LogP contribution is 2.36. The Kier molecular flexibility index (Phi) is 7.36. The molecule has 0 fully saturated rings. The first-order valence-electron chi connectivity index (χ1n) is 11.0. The average Bonchev–Trinajstić information content (AvgIpc) is 3.24. The van der Waals surface area contributed by atoms with Gasteiger partial charge in [0.15, 0.2) is 0 Å². The smallest absolute Gasteiger partial charge is 0.340 e. The Balaban J connectivity index is 1.79. The van der Waals surface area contributed by atoms with Crippen LogP contribution in [0.1, 0.15) is 28.5 Å². The quantitative estimate of drug-likeness (QED) is 0.274. The van der Waals surface area contributed by atoms with E-state index in [4.69, 9.17) is 9.47 Å². The maximum absolute atomic E-state index is 12.5. The number of hydrogen-bond acceptors (Lipinski definition) is 4. The van der Waals surface area contributed by atoms with Gasteiger partial charge < -0.3 is 19.4 Å². The number of amides is 1. The number of hydrogen-bond donors (Lipinski definition) is 1. The van der Waals surface area contributed by atoms with Crippen LogP contribution in [0.5, 0.6) is 5.75 Å². The van der Waals surface area contributed by atoms with E-state index in [0.717, 1.165) is 38.4 Å². The van der Waals surface area contributed by atoms with Gasteiger partial charge in [0.2, 0.25) is 5.91 Å². The van der Waals surface area contributed by atoms with E-state index in [0.29, 0.717) is 12.3 Å². The van der Waals surface area contributed by atoms with Gasteiger partial charge in [0.05, 0.1) is 24.1 Å². The second-order valence-corrected chi connectivity index (χ2v) is 8.93. The number of rotatable bonds is 7. The molecule has 4 aromatic rings. The first-order chi connectivity index (χ1) is 16.9. The van der Waals surface area contributed by atoms with Crippen LogP contribution in [0, 0.1) is 6.92 Å². The molecule has 1 heterocycles. The zero-order valence-corrected chi connectivity index (χ0v) is 21.3. The summed E-state index contributed by atoms with van der Waals surface area (Å²) in [5.74, 6) is -0.0640. The Labute approximate surface area is 212 Å². The summed E-state index contributed by atoms with van der Waals surface area (Å²) in [6.07, 6.45) is 0. The molecule has 35 heavy (non-hydrogen) atoms. The number of anilines is 1. The van der Waals surface area contributed by atoms with E-state index in [2.05, 4.69) is 21.2 Å². The molecule has 1 amide bonds. The van der Waals surface area contributed by atoms with Gasteiger partial charge in [0, 0.05) is 28.3 Å². The zero-order valence-electron chi connectivity index (χ0n) is 19.7. The Morgan fingerprint density at radius 3 is 2.46 bits per heavy atom. The summed E-state index contributed by atoms with van der Waals surface area (Å²) >= 11 is 3.58. The van der Waals surface area contributed by atoms with Crippen LogP contribution in [0.3, 0.4) is 0 Å². The number of halogens is 1. The number of nitrogens with one attached hydrogen (secondary N) is 1. The number of carbonyl (C=O) groups is 2. The second kappa shape index (κ2) is 10.6. The molecular weight excluding hydrogens is 508 g/mol. The van der Waals surface area contributed by atoms with Gasteiger partial charge >= 0.3 is 5.97 Å². The van der Waals surface area contributed by atoms with E-state index in [1.807, 2.05) is 78.2 Å². The molecule has 7 heteroatoms. The molecule has 0 radical (unpaired) electrons. The fourth-order valence-electron chi connectivity index (χ4n) is 3.90. The van der Waals surface area contributed by atoms with Gasteiger partial charge in [0.1, 0.15) is 12.4 Å². The summed E-state index contributed by atoms with van der Waals surface area (Å²) in [6.45, 7) is 3.83. The van der Waals surface area contributed by atoms with Crippen molar-refractivity contribution in [3.05, 3.63) is 100 Å². The van der Waals surface area contributed by atoms with Crippen LogP contribution in [0.4, 0.5) is 5.69 Å². The van der Waals surface area contributed by atoms with Crippen LogP contribution in [0.15, 0.2) is 83.3 Å². The molecule has 1 aromatic heterocycles. The van der Waals surface area contributed by atoms with Crippen molar-refractivity contribution < 1.29 is 19.1 Å². The first-order valence-corrected chi connectivity index (χ1v) is 11.8. The number of methoxy groups -OCH3 is 1. The lowest BCUT2D eigenvalue weighted by molar-refractivity contribution is -0.114. The van der Waals surface area contributed by atoms with Crippen molar-refractivity contribution in [2.24, 2.45) is 0 Å². The fourth-order valence-corrected chi connectivity index (χ4v) is 4.27. The molecule has 0 spiro atoms. The van der Waals surface area contributed by atoms with E-state index in [9.17, 15) is 9.59 Å². The van der Waals surface area contributed by atoms with Gasteiger partial charge in [-0.05, 0) is 61.0 Å². The number of carbonyl (C=O) groups excluding carboxylic acids is 2. The minimum atomic E-state index is -0.531. The molecule has 4 rings (SSSR count). The van der Waals surface area contributed by atoms with E-state index in [-0.39, 0.29) is 11.5 Å². The van der Waals surface area contributed by atoms with Crippen molar-refractivity contribution in [1.82, 2.24) is 4.57 Å². The molecule has 0 aliphatic heterocycles. The lowest BCUT2D eigenvalue weighted by Gasteiger charge is -2.18. The number of benzene rings is 3.